The lowest BCUT2D eigenvalue weighted by Gasteiger charge is -2.43. The van der Waals surface area contributed by atoms with Crippen LogP contribution >= 0.6 is 0 Å². The van der Waals surface area contributed by atoms with E-state index in [1.54, 1.807) is 12.1 Å². The minimum atomic E-state index is 0.0610. The summed E-state index contributed by atoms with van der Waals surface area (Å²) in [5, 5.41) is 9.23. The maximum Gasteiger partial charge on any atom is 0.258 e. The first-order valence-electron chi connectivity index (χ1n) is 12.1. The largest absolute Gasteiger partial charge is 0.311 e. The van der Waals surface area contributed by atoms with Gasteiger partial charge in [-0.15, -0.1) is 0 Å². The highest BCUT2D eigenvalue weighted by Crippen LogP contribution is 2.36. The van der Waals surface area contributed by atoms with E-state index in [2.05, 4.69) is 46.3 Å². The number of nitrogens with zero attached hydrogens (tertiary/aromatic N) is 4. The normalized spacial score (nSPS) is 19.1. The molecule has 0 radical (unpaired) electrons. The molecule has 172 valence electrons. The number of hydrogen-bond donors (Lipinski definition) is 0. The zero-order valence-corrected chi connectivity index (χ0v) is 19.5. The molecule has 1 fully saturated rings. The van der Waals surface area contributed by atoms with Crippen molar-refractivity contribution in [3.63, 3.8) is 0 Å². The van der Waals surface area contributed by atoms with Crippen molar-refractivity contribution in [2.75, 3.05) is 13.1 Å². The van der Waals surface area contributed by atoms with E-state index in [1.165, 1.54) is 5.56 Å². The molecule has 2 aromatic carbocycles. The van der Waals surface area contributed by atoms with E-state index >= 15 is 0 Å². The van der Waals surface area contributed by atoms with Crippen molar-refractivity contribution in [3.8, 4) is 28.5 Å². The molecule has 0 unspecified atom stereocenters. The maximum atomic E-state index is 13.4. The zero-order valence-electron chi connectivity index (χ0n) is 19.5. The number of nitriles is 1. The predicted octanol–water partition coefficient (Wildman–Crippen LogP) is 5.07. The van der Waals surface area contributed by atoms with E-state index < -0.39 is 0 Å². The van der Waals surface area contributed by atoms with E-state index in [9.17, 15) is 10.1 Å². The first-order chi connectivity index (χ1) is 17.2. The molecule has 4 heterocycles. The van der Waals surface area contributed by atoms with Crippen molar-refractivity contribution in [1.82, 2.24) is 14.5 Å². The van der Waals surface area contributed by atoms with Crippen LogP contribution in [0.4, 0.5) is 0 Å². The fourth-order valence-electron chi connectivity index (χ4n) is 5.72. The van der Waals surface area contributed by atoms with Gasteiger partial charge in [0, 0.05) is 55.1 Å². The van der Waals surface area contributed by atoms with E-state index in [1.807, 2.05) is 47.2 Å². The summed E-state index contributed by atoms with van der Waals surface area (Å²) in [5.41, 5.74) is 6.69. The number of hydrogen-bond acceptors (Lipinski definition) is 4. The second-order valence-corrected chi connectivity index (χ2v) is 9.68. The minimum absolute atomic E-state index is 0.0610. The van der Waals surface area contributed by atoms with E-state index in [-0.39, 0.29) is 5.56 Å². The zero-order chi connectivity index (χ0) is 23.8. The SMILES string of the molecule is N#Cc1cccc(-c2ccc3n(c2=O)C[C@@H]2C[C@@H]3CN(Cc3ccc(-c4ccccn4)cc3)C2)c1. The topological polar surface area (TPSA) is 61.9 Å². The van der Waals surface area contributed by atoms with Gasteiger partial charge in [0.05, 0.1) is 17.3 Å². The molecule has 4 aromatic rings. The lowest BCUT2D eigenvalue weighted by Crippen LogP contribution is -2.46. The first kappa shape index (κ1) is 21.5. The molecule has 2 bridgehead atoms. The second kappa shape index (κ2) is 8.98. The molecule has 0 amide bonds. The third-order valence-corrected chi connectivity index (χ3v) is 7.30. The lowest BCUT2D eigenvalue weighted by atomic mass is 9.82. The van der Waals surface area contributed by atoms with Crippen LogP contribution in [0.1, 0.15) is 29.2 Å². The van der Waals surface area contributed by atoms with Gasteiger partial charge in [-0.1, -0.05) is 42.5 Å². The van der Waals surface area contributed by atoms with Crippen molar-refractivity contribution >= 4 is 0 Å². The summed E-state index contributed by atoms with van der Waals surface area (Å²) < 4.78 is 1.99. The number of likely N-dealkylation sites (tertiary alicyclic amines) is 1. The summed E-state index contributed by atoms with van der Waals surface area (Å²) in [6.45, 7) is 3.63. The van der Waals surface area contributed by atoms with Gasteiger partial charge in [-0.3, -0.25) is 14.7 Å². The molecule has 0 saturated carbocycles. The Morgan fingerprint density at radius 3 is 2.60 bits per heavy atom. The molecular weight excluding hydrogens is 432 g/mol. The second-order valence-electron chi connectivity index (χ2n) is 9.68. The Morgan fingerprint density at radius 2 is 1.80 bits per heavy atom. The standard InChI is InChI=1S/C30H26N4O/c31-16-22-4-3-5-25(14-22)27-11-12-29-26-15-23(19-34(29)30(27)35)18-33(20-26)17-21-7-9-24(10-8-21)28-6-1-2-13-32-28/h1-14,23,26H,15,17-20H2/t23-,26-/m1/s1. The molecular formula is C30H26N4O. The van der Waals surface area contributed by atoms with Gasteiger partial charge in [0.2, 0.25) is 0 Å². The Balaban J connectivity index is 1.21. The summed E-state index contributed by atoms with van der Waals surface area (Å²) in [6, 6.07) is 28.3. The summed E-state index contributed by atoms with van der Waals surface area (Å²) >= 11 is 0. The van der Waals surface area contributed by atoms with Gasteiger partial charge in [-0.2, -0.15) is 5.26 Å². The maximum absolute atomic E-state index is 13.4. The minimum Gasteiger partial charge on any atom is -0.311 e. The van der Waals surface area contributed by atoms with Gasteiger partial charge in [0.25, 0.3) is 5.56 Å². The highest BCUT2D eigenvalue weighted by Gasteiger charge is 2.35. The van der Waals surface area contributed by atoms with Crippen LogP contribution in [-0.4, -0.2) is 27.5 Å². The quantitative estimate of drug-likeness (QED) is 0.428. The van der Waals surface area contributed by atoms with Crippen molar-refractivity contribution < 1.29 is 0 Å². The number of aromatic nitrogens is 2. The third-order valence-electron chi connectivity index (χ3n) is 7.30. The molecule has 2 aliphatic rings. The highest BCUT2D eigenvalue weighted by molar-refractivity contribution is 5.64. The Kier molecular flexibility index (Phi) is 5.52. The Hall–Kier alpha value is -4.01. The van der Waals surface area contributed by atoms with Crippen molar-refractivity contribution in [1.29, 1.82) is 5.26 Å². The Bertz CT molecular complexity index is 1470. The number of benzene rings is 2. The smallest absolute Gasteiger partial charge is 0.258 e. The number of pyridine rings is 2. The van der Waals surface area contributed by atoms with Crippen LogP contribution in [0.5, 0.6) is 0 Å². The molecule has 5 nitrogen and oxygen atoms in total. The number of rotatable bonds is 4. The van der Waals surface area contributed by atoms with E-state index in [0.29, 0.717) is 23.0 Å². The Labute approximate surface area is 204 Å². The van der Waals surface area contributed by atoms with Crippen LogP contribution in [0.15, 0.2) is 89.9 Å². The number of piperidine rings is 1. The van der Waals surface area contributed by atoms with Gasteiger partial charge >= 0.3 is 0 Å². The Morgan fingerprint density at radius 1 is 0.914 bits per heavy atom. The van der Waals surface area contributed by atoms with Gasteiger partial charge in [0.1, 0.15) is 0 Å². The van der Waals surface area contributed by atoms with Crippen molar-refractivity contribution in [3.05, 3.63) is 112 Å². The molecule has 0 spiro atoms. The first-order valence-corrected chi connectivity index (χ1v) is 12.1. The van der Waals surface area contributed by atoms with Crippen LogP contribution < -0.4 is 5.56 Å². The highest BCUT2D eigenvalue weighted by atomic mass is 16.1. The summed E-state index contributed by atoms with van der Waals surface area (Å²) in [7, 11) is 0. The molecule has 5 heteroatoms. The van der Waals surface area contributed by atoms with Gasteiger partial charge in [-0.25, -0.2) is 0 Å². The molecule has 6 rings (SSSR count). The van der Waals surface area contributed by atoms with E-state index in [0.717, 1.165) is 55.1 Å². The van der Waals surface area contributed by atoms with Gasteiger partial charge < -0.3 is 4.57 Å². The van der Waals surface area contributed by atoms with Gasteiger partial charge in [0.15, 0.2) is 0 Å². The van der Waals surface area contributed by atoms with Crippen LogP contribution in [0.25, 0.3) is 22.4 Å². The fraction of sp³-hybridized carbons (Fsp3) is 0.233. The monoisotopic (exact) mass is 458 g/mol. The molecule has 2 atom stereocenters. The van der Waals surface area contributed by atoms with Crippen molar-refractivity contribution in [2.24, 2.45) is 5.92 Å². The molecule has 0 aliphatic carbocycles. The molecule has 2 aliphatic heterocycles. The fourth-order valence-corrected chi connectivity index (χ4v) is 5.72. The van der Waals surface area contributed by atoms with Crippen LogP contribution in [0, 0.1) is 17.2 Å². The average molecular weight is 459 g/mol. The summed E-state index contributed by atoms with van der Waals surface area (Å²) in [4.78, 5) is 20.4. The molecule has 2 aromatic heterocycles. The lowest BCUT2D eigenvalue weighted by molar-refractivity contribution is 0.114. The van der Waals surface area contributed by atoms with Crippen molar-refractivity contribution in [2.45, 2.75) is 25.4 Å². The molecule has 1 saturated heterocycles. The van der Waals surface area contributed by atoms with Crippen LogP contribution in [0.2, 0.25) is 0 Å². The van der Waals surface area contributed by atoms with Gasteiger partial charge in [-0.05, 0) is 59.9 Å². The van der Waals surface area contributed by atoms with E-state index in [4.69, 9.17) is 0 Å². The van der Waals surface area contributed by atoms with Crippen LogP contribution in [-0.2, 0) is 13.1 Å². The average Bonchev–Trinajstić information content (AvgIpc) is 2.90. The summed E-state index contributed by atoms with van der Waals surface area (Å²) in [5.74, 6) is 0.829. The molecule has 0 N–H and O–H groups in total. The number of fused-ring (bicyclic) bond motifs is 4. The predicted molar refractivity (Wildman–Crippen MR) is 137 cm³/mol. The third kappa shape index (κ3) is 4.18. The van der Waals surface area contributed by atoms with Crippen LogP contribution in [0.3, 0.4) is 0 Å². The summed E-state index contributed by atoms with van der Waals surface area (Å²) in [6.07, 6.45) is 2.96. The molecule has 35 heavy (non-hydrogen) atoms.